The van der Waals surface area contributed by atoms with Crippen molar-refractivity contribution in [1.29, 1.82) is 0 Å². The Morgan fingerprint density at radius 3 is 2.73 bits per heavy atom. The molecule has 26 heavy (non-hydrogen) atoms. The lowest BCUT2D eigenvalue weighted by molar-refractivity contribution is 0.0832. The Bertz CT molecular complexity index is 846. The number of nitrogens with zero attached hydrogens (tertiary/aromatic N) is 1. The van der Waals surface area contributed by atoms with Crippen LogP contribution in [0.1, 0.15) is 36.0 Å². The standard InChI is InChI=1S/C22H22ClNO2/c1-15-11-18(23)7-10-21(15)17-12-19-8-9-20(13-17)24(19)22(25)26-14-16-5-3-2-4-6-16/h2-7,10-12,19-20H,8-9,13-14H2,1H3. The fourth-order valence-electron chi connectivity index (χ4n) is 4.10. The molecule has 2 aliphatic rings. The van der Waals surface area contributed by atoms with E-state index in [2.05, 4.69) is 19.1 Å². The Hall–Kier alpha value is -2.26. The summed E-state index contributed by atoms with van der Waals surface area (Å²) in [6, 6.07) is 16.2. The molecule has 1 amide bonds. The van der Waals surface area contributed by atoms with Crippen molar-refractivity contribution in [3.63, 3.8) is 0 Å². The largest absolute Gasteiger partial charge is 0.445 e. The summed E-state index contributed by atoms with van der Waals surface area (Å²) < 4.78 is 5.57. The van der Waals surface area contributed by atoms with E-state index in [0.29, 0.717) is 6.61 Å². The molecule has 134 valence electrons. The summed E-state index contributed by atoms with van der Waals surface area (Å²) in [6.45, 7) is 2.41. The van der Waals surface area contributed by atoms with Gasteiger partial charge < -0.3 is 4.74 Å². The highest BCUT2D eigenvalue weighted by atomic mass is 35.5. The number of ether oxygens (including phenoxy) is 1. The van der Waals surface area contributed by atoms with Crippen molar-refractivity contribution in [2.45, 2.75) is 44.9 Å². The zero-order valence-electron chi connectivity index (χ0n) is 14.8. The molecular weight excluding hydrogens is 346 g/mol. The molecular formula is C22H22ClNO2. The molecule has 0 spiro atoms. The number of carbonyl (C=O) groups excluding carboxylic acids is 1. The maximum absolute atomic E-state index is 12.6. The quantitative estimate of drug-likeness (QED) is 0.706. The van der Waals surface area contributed by atoms with Gasteiger partial charge in [0, 0.05) is 11.1 Å². The predicted octanol–water partition coefficient (Wildman–Crippen LogP) is 5.61. The van der Waals surface area contributed by atoms with Gasteiger partial charge in [0.05, 0.1) is 6.04 Å². The van der Waals surface area contributed by atoms with Crippen molar-refractivity contribution in [2.24, 2.45) is 0 Å². The van der Waals surface area contributed by atoms with Crippen LogP contribution in [0.15, 0.2) is 54.6 Å². The molecule has 2 aromatic rings. The van der Waals surface area contributed by atoms with Gasteiger partial charge in [-0.15, -0.1) is 0 Å². The van der Waals surface area contributed by atoms with Crippen LogP contribution in [0.5, 0.6) is 0 Å². The predicted molar refractivity (Wildman–Crippen MR) is 104 cm³/mol. The third-order valence-electron chi connectivity index (χ3n) is 5.35. The Balaban J connectivity index is 1.49. The van der Waals surface area contributed by atoms with Crippen LogP contribution in [0.2, 0.25) is 5.02 Å². The van der Waals surface area contributed by atoms with E-state index in [1.165, 1.54) is 16.7 Å². The summed E-state index contributed by atoms with van der Waals surface area (Å²) in [5, 5.41) is 0.761. The van der Waals surface area contributed by atoms with Gasteiger partial charge in [-0.05, 0) is 60.6 Å². The minimum absolute atomic E-state index is 0.127. The second-order valence-corrected chi connectivity index (χ2v) is 7.54. The molecule has 1 fully saturated rings. The number of fused-ring (bicyclic) bond motifs is 2. The van der Waals surface area contributed by atoms with E-state index >= 15 is 0 Å². The van der Waals surface area contributed by atoms with Crippen LogP contribution in [-0.4, -0.2) is 23.1 Å². The van der Waals surface area contributed by atoms with Gasteiger partial charge in [0.15, 0.2) is 0 Å². The first kappa shape index (κ1) is 17.2. The number of aryl methyl sites for hydroxylation is 1. The molecule has 2 heterocycles. The van der Waals surface area contributed by atoms with Crippen LogP contribution in [0.3, 0.4) is 0 Å². The van der Waals surface area contributed by atoms with E-state index in [9.17, 15) is 4.79 Å². The van der Waals surface area contributed by atoms with Crippen molar-refractivity contribution in [3.05, 3.63) is 76.3 Å². The van der Waals surface area contributed by atoms with Crippen molar-refractivity contribution < 1.29 is 9.53 Å². The number of carbonyl (C=O) groups is 1. The highest BCUT2D eigenvalue weighted by molar-refractivity contribution is 6.30. The lowest BCUT2D eigenvalue weighted by Crippen LogP contribution is -2.43. The van der Waals surface area contributed by atoms with Gasteiger partial charge in [0.1, 0.15) is 6.61 Å². The molecule has 0 N–H and O–H groups in total. The molecule has 0 saturated carbocycles. The van der Waals surface area contributed by atoms with E-state index in [0.717, 1.165) is 29.8 Å². The van der Waals surface area contributed by atoms with Crippen LogP contribution in [0, 0.1) is 6.92 Å². The minimum Gasteiger partial charge on any atom is -0.445 e. The Kier molecular flexibility index (Phi) is 4.73. The summed E-state index contributed by atoms with van der Waals surface area (Å²) in [7, 11) is 0. The van der Waals surface area contributed by atoms with Crippen LogP contribution in [0.25, 0.3) is 5.57 Å². The van der Waals surface area contributed by atoms with Gasteiger partial charge in [0.2, 0.25) is 0 Å². The van der Waals surface area contributed by atoms with Crippen LogP contribution < -0.4 is 0 Å². The first-order chi connectivity index (χ1) is 12.6. The smallest absolute Gasteiger partial charge is 0.410 e. The highest BCUT2D eigenvalue weighted by Crippen LogP contribution is 2.40. The maximum Gasteiger partial charge on any atom is 0.410 e. The number of hydrogen-bond donors (Lipinski definition) is 0. The molecule has 1 saturated heterocycles. The number of hydrogen-bond acceptors (Lipinski definition) is 2. The van der Waals surface area contributed by atoms with Crippen molar-refractivity contribution in [1.82, 2.24) is 4.90 Å². The summed E-state index contributed by atoms with van der Waals surface area (Å²) in [6.07, 6.45) is 4.94. The number of rotatable bonds is 3. The van der Waals surface area contributed by atoms with Gasteiger partial charge in [-0.25, -0.2) is 4.79 Å². The highest BCUT2D eigenvalue weighted by Gasteiger charge is 2.40. The molecule has 2 aliphatic heterocycles. The third kappa shape index (κ3) is 3.36. The van der Waals surface area contributed by atoms with E-state index in [-0.39, 0.29) is 18.2 Å². The average molecular weight is 368 g/mol. The van der Waals surface area contributed by atoms with E-state index in [4.69, 9.17) is 16.3 Å². The van der Waals surface area contributed by atoms with Gasteiger partial charge in [-0.2, -0.15) is 0 Å². The van der Waals surface area contributed by atoms with Gasteiger partial charge >= 0.3 is 6.09 Å². The zero-order valence-corrected chi connectivity index (χ0v) is 15.6. The molecule has 2 bridgehead atoms. The van der Waals surface area contributed by atoms with E-state index in [1.807, 2.05) is 47.4 Å². The van der Waals surface area contributed by atoms with Crippen molar-refractivity contribution in [3.8, 4) is 0 Å². The summed E-state index contributed by atoms with van der Waals surface area (Å²) in [5.41, 5.74) is 4.75. The van der Waals surface area contributed by atoms with Crippen molar-refractivity contribution >= 4 is 23.3 Å². The molecule has 4 rings (SSSR count). The average Bonchev–Trinajstić information content (AvgIpc) is 2.90. The van der Waals surface area contributed by atoms with Crippen LogP contribution in [0.4, 0.5) is 4.79 Å². The summed E-state index contributed by atoms with van der Waals surface area (Å²) in [4.78, 5) is 14.6. The number of amides is 1. The minimum atomic E-state index is -0.204. The SMILES string of the molecule is Cc1cc(Cl)ccc1C1=CC2CCC(C1)N2C(=O)OCc1ccccc1. The zero-order chi connectivity index (χ0) is 18.1. The van der Waals surface area contributed by atoms with Crippen LogP contribution in [-0.2, 0) is 11.3 Å². The normalized spacial score (nSPS) is 21.5. The molecule has 2 aromatic carbocycles. The second kappa shape index (κ2) is 7.16. The summed E-state index contributed by atoms with van der Waals surface area (Å²) >= 11 is 6.09. The third-order valence-corrected chi connectivity index (χ3v) is 5.58. The van der Waals surface area contributed by atoms with Gasteiger partial charge in [-0.1, -0.05) is 54.1 Å². The van der Waals surface area contributed by atoms with E-state index < -0.39 is 0 Å². The summed E-state index contributed by atoms with van der Waals surface area (Å²) in [5.74, 6) is 0. The molecule has 0 aromatic heterocycles. The first-order valence-corrected chi connectivity index (χ1v) is 9.46. The lowest BCUT2D eigenvalue weighted by Gasteiger charge is -2.33. The lowest BCUT2D eigenvalue weighted by atomic mass is 9.92. The van der Waals surface area contributed by atoms with Gasteiger partial charge in [0.25, 0.3) is 0 Å². The fraction of sp³-hybridized carbons (Fsp3) is 0.318. The molecule has 2 atom stereocenters. The Morgan fingerprint density at radius 1 is 1.19 bits per heavy atom. The number of halogens is 1. The molecule has 0 aliphatic carbocycles. The molecule has 0 radical (unpaired) electrons. The number of benzene rings is 2. The molecule has 2 unspecified atom stereocenters. The first-order valence-electron chi connectivity index (χ1n) is 9.08. The Morgan fingerprint density at radius 2 is 2.00 bits per heavy atom. The van der Waals surface area contributed by atoms with Gasteiger partial charge in [-0.3, -0.25) is 4.90 Å². The monoisotopic (exact) mass is 367 g/mol. The Labute approximate surface area is 159 Å². The maximum atomic E-state index is 12.6. The van der Waals surface area contributed by atoms with Crippen molar-refractivity contribution in [2.75, 3.05) is 0 Å². The second-order valence-electron chi connectivity index (χ2n) is 7.10. The molecule has 3 nitrogen and oxygen atoms in total. The topological polar surface area (TPSA) is 29.5 Å². The molecule has 4 heteroatoms. The van der Waals surface area contributed by atoms with Crippen LogP contribution >= 0.6 is 11.6 Å². The van der Waals surface area contributed by atoms with E-state index in [1.54, 1.807) is 0 Å². The fourth-order valence-corrected chi connectivity index (χ4v) is 4.32.